The molecule has 0 saturated carbocycles. The van der Waals surface area contributed by atoms with Crippen LogP contribution in [0.25, 0.3) is 11.1 Å². The number of halogens is 3. The Morgan fingerprint density at radius 3 is 2.47 bits per heavy atom. The summed E-state index contributed by atoms with van der Waals surface area (Å²) in [4.78, 5) is 0. The van der Waals surface area contributed by atoms with Crippen LogP contribution < -0.4 is 14.8 Å². The molecular formula is C24H22F3NO2. The number of alkyl halides is 3. The number of ether oxygens (including phenoxy) is 2. The Kier molecular flexibility index (Phi) is 4.88. The van der Waals surface area contributed by atoms with Crippen LogP contribution in [0.3, 0.4) is 0 Å². The Morgan fingerprint density at radius 2 is 1.80 bits per heavy atom. The highest BCUT2D eigenvalue weighted by Gasteiger charge is 2.35. The quantitative estimate of drug-likeness (QED) is 0.530. The van der Waals surface area contributed by atoms with E-state index in [-0.39, 0.29) is 0 Å². The summed E-state index contributed by atoms with van der Waals surface area (Å²) in [6.07, 6.45) is -5.09. The fourth-order valence-corrected chi connectivity index (χ4v) is 4.14. The lowest BCUT2D eigenvalue weighted by atomic mass is 9.84. The molecule has 3 aromatic rings. The van der Waals surface area contributed by atoms with E-state index in [4.69, 9.17) is 9.47 Å². The largest absolute Gasteiger partial charge is 0.496 e. The smallest absolute Gasteiger partial charge is 0.416 e. The van der Waals surface area contributed by atoms with Crippen LogP contribution in [-0.2, 0) is 6.18 Å². The van der Waals surface area contributed by atoms with E-state index < -0.39 is 17.8 Å². The molecule has 1 atom stereocenters. The standard InChI is InChI=1S/C24H22F3NO2/c1-13-8-11-19-21(22(13)29-4)17-9-10-18(28-3)14(2)20(17)23(30-19)15-6-5-7-16(12-15)24(25,26)27/h5-12,23,28H,1-4H3. The van der Waals surface area contributed by atoms with Gasteiger partial charge in [-0.1, -0.05) is 24.3 Å². The molecule has 0 aliphatic carbocycles. The summed E-state index contributed by atoms with van der Waals surface area (Å²) < 4.78 is 52.0. The summed E-state index contributed by atoms with van der Waals surface area (Å²) in [6, 6.07) is 13.0. The molecule has 3 aromatic carbocycles. The molecule has 0 radical (unpaired) electrons. The van der Waals surface area contributed by atoms with E-state index in [0.29, 0.717) is 17.1 Å². The second kappa shape index (κ2) is 7.27. The lowest BCUT2D eigenvalue weighted by Crippen LogP contribution is -2.19. The number of hydrogen-bond donors (Lipinski definition) is 1. The number of nitrogens with one attached hydrogen (secondary N) is 1. The van der Waals surface area contributed by atoms with Gasteiger partial charge in [0.15, 0.2) is 0 Å². The van der Waals surface area contributed by atoms with Crippen LogP contribution in [0, 0.1) is 13.8 Å². The molecule has 0 saturated heterocycles. The average Bonchev–Trinajstić information content (AvgIpc) is 2.73. The van der Waals surface area contributed by atoms with Crippen molar-refractivity contribution in [3.63, 3.8) is 0 Å². The van der Waals surface area contributed by atoms with Gasteiger partial charge in [-0.15, -0.1) is 0 Å². The van der Waals surface area contributed by atoms with Crippen molar-refractivity contribution in [1.29, 1.82) is 0 Å². The summed E-state index contributed by atoms with van der Waals surface area (Å²) in [6.45, 7) is 3.90. The van der Waals surface area contributed by atoms with E-state index in [1.54, 1.807) is 13.2 Å². The molecule has 0 amide bonds. The highest BCUT2D eigenvalue weighted by atomic mass is 19.4. The Morgan fingerprint density at radius 1 is 1.03 bits per heavy atom. The number of benzene rings is 3. The molecule has 6 heteroatoms. The maximum absolute atomic E-state index is 13.3. The molecule has 0 bridgehead atoms. The Balaban J connectivity index is 1.99. The summed E-state index contributed by atoms with van der Waals surface area (Å²) in [5.74, 6) is 1.29. The fourth-order valence-electron chi connectivity index (χ4n) is 4.14. The SMILES string of the molecule is CNc1ccc2c(c1C)C(c1cccc(C(F)(F)F)c1)Oc1ccc(C)c(OC)c1-2. The van der Waals surface area contributed by atoms with E-state index in [1.807, 2.05) is 45.2 Å². The van der Waals surface area contributed by atoms with Crippen molar-refractivity contribution in [3.05, 3.63) is 76.3 Å². The molecule has 1 heterocycles. The van der Waals surface area contributed by atoms with Gasteiger partial charge in [0.1, 0.15) is 17.6 Å². The van der Waals surface area contributed by atoms with Gasteiger partial charge in [-0.2, -0.15) is 13.2 Å². The van der Waals surface area contributed by atoms with E-state index in [2.05, 4.69) is 5.32 Å². The van der Waals surface area contributed by atoms with Crippen molar-refractivity contribution >= 4 is 5.69 Å². The molecule has 1 aliphatic rings. The third kappa shape index (κ3) is 3.16. The predicted molar refractivity (Wildman–Crippen MR) is 111 cm³/mol. The molecule has 1 N–H and O–H groups in total. The summed E-state index contributed by atoms with van der Waals surface area (Å²) in [5.41, 5.74) is 5.08. The predicted octanol–water partition coefficient (Wildman–Crippen LogP) is 6.52. The number of fused-ring (bicyclic) bond motifs is 3. The zero-order chi connectivity index (χ0) is 21.6. The van der Waals surface area contributed by atoms with E-state index in [9.17, 15) is 13.2 Å². The molecule has 0 aromatic heterocycles. The minimum atomic E-state index is -4.42. The van der Waals surface area contributed by atoms with Gasteiger partial charge in [0, 0.05) is 18.3 Å². The minimum Gasteiger partial charge on any atom is -0.496 e. The van der Waals surface area contributed by atoms with Crippen LogP contribution in [0.15, 0.2) is 48.5 Å². The molecule has 156 valence electrons. The van der Waals surface area contributed by atoms with Gasteiger partial charge in [0.25, 0.3) is 0 Å². The van der Waals surface area contributed by atoms with Gasteiger partial charge in [0.05, 0.1) is 18.2 Å². The van der Waals surface area contributed by atoms with E-state index >= 15 is 0 Å². The number of hydrogen-bond acceptors (Lipinski definition) is 3. The Labute approximate surface area is 173 Å². The van der Waals surface area contributed by atoms with Crippen LogP contribution in [-0.4, -0.2) is 14.2 Å². The molecule has 3 nitrogen and oxygen atoms in total. The molecular weight excluding hydrogens is 391 g/mol. The number of aryl methyl sites for hydroxylation is 1. The van der Waals surface area contributed by atoms with Crippen molar-refractivity contribution in [3.8, 4) is 22.6 Å². The van der Waals surface area contributed by atoms with Gasteiger partial charge in [-0.05, 0) is 60.4 Å². The third-order valence-electron chi connectivity index (χ3n) is 5.60. The molecule has 0 fully saturated rings. The van der Waals surface area contributed by atoms with E-state index in [0.717, 1.165) is 45.6 Å². The number of rotatable bonds is 3. The third-order valence-corrected chi connectivity index (χ3v) is 5.60. The van der Waals surface area contributed by atoms with E-state index in [1.165, 1.54) is 6.07 Å². The second-order valence-corrected chi connectivity index (χ2v) is 7.36. The first-order valence-electron chi connectivity index (χ1n) is 9.59. The Bertz CT molecular complexity index is 1120. The summed E-state index contributed by atoms with van der Waals surface area (Å²) >= 11 is 0. The van der Waals surface area contributed by atoms with Gasteiger partial charge in [0.2, 0.25) is 0 Å². The van der Waals surface area contributed by atoms with Crippen molar-refractivity contribution in [2.75, 3.05) is 19.5 Å². The maximum Gasteiger partial charge on any atom is 0.416 e. The minimum absolute atomic E-state index is 0.451. The fraction of sp³-hybridized carbons (Fsp3) is 0.250. The van der Waals surface area contributed by atoms with Crippen molar-refractivity contribution in [2.45, 2.75) is 26.1 Å². The normalized spacial score (nSPS) is 15.1. The summed E-state index contributed by atoms with van der Waals surface area (Å²) in [5, 5.41) is 3.15. The van der Waals surface area contributed by atoms with Crippen molar-refractivity contribution < 1.29 is 22.6 Å². The maximum atomic E-state index is 13.3. The van der Waals surface area contributed by atoms with Crippen LogP contribution in [0.2, 0.25) is 0 Å². The highest BCUT2D eigenvalue weighted by molar-refractivity contribution is 5.85. The lowest BCUT2D eigenvalue weighted by Gasteiger charge is -2.33. The lowest BCUT2D eigenvalue weighted by molar-refractivity contribution is -0.137. The van der Waals surface area contributed by atoms with Crippen LogP contribution in [0.5, 0.6) is 11.5 Å². The van der Waals surface area contributed by atoms with Crippen molar-refractivity contribution in [1.82, 2.24) is 0 Å². The van der Waals surface area contributed by atoms with Crippen LogP contribution >= 0.6 is 0 Å². The van der Waals surface area contributed by atoms with Gasteiger partial charge in [-0.25, -0.2) is 0 Å². The molecule has 0 spiro atoms. The molecule has 4 rings (SSSR count). The topological polar surface area (TPSA) is 30.5 Å². The monoisotopic (exact) mass is 413 g/mol. The molecule has 30 heavy (non-hydrogen) atoms. The number of anilines is 1. The number of methoxy groups -OCH3 is 1. The van der Waals surface area contributed by atoms with Gasteiger partial charge < -0.3 is 14.8 Å². The van der Waals surface area contributed by atoms with Gasteiger partial charge >= 0.3 is 6.18 Å². The van der Waals surface area contributed by atoms with Crippen LogP contribution in [0.4, 0.5) is 18.9 Å². The zero-order valence-electron chi connectivity index (χ0n) is 17.1. The first-order valence-corrected chi connectivity index (χ1v) is 9.59. The second-order valence-electron chi connectivity index (χ2n) is 7.36. The average molecular weight is 413 g/mol. The molecule has 1 unspecified atom stereocenters. The zero-order valence-corrected chi connectivity index (χ0v) is 17.1. The first-order chi connectivity index (χ1) is 14.3. The summed E-state index contributed by atoms with van der Waals surface area (Å²) in [7, 11) is 3.42. The van der Waals surface area contributed by atoms with Crippen molar-refractivity contribution in [2.24, 2.45) is 0 Å². The van der Waals surface area contributed by atoms with Gasteiger partial charge in [-0.3, -0.25) is 0 Å². The highest BCUT2D eigenvalue weighted by Crippen LogP contribution is 2.52. The van der Waals surface area contributed by atoms with Crippen LogP contribution in [0.1, 0.15) is 33.9 Å². The Hall–Kier alpha value is -3.15. The molecule has 1 aliphatic heterocycles. The first kappa shape index (κ1) is 20.1.